The number of nitrogens with zero attached hydrogens (tertiary/aromatic N) is 1. The molecule has 2 amide bonds. The zero-order valence-electron chi connectivity index (χ0n) is 16.4. The van der Waals surface area contributed by atoms with Gasteiger partial charge in [-0.1, -0.05) is 0 Å². The average Bonchev–Trinajstić information content (AvgIpc) is 2.73. The highest BCUT2D eigenvalue weighted by atomic mass is 16.5. The fraction of sp³-hybridized carbons (Fsp3) is 0.318. The van der Waals surface area contributed by atoms with Crippen molar-refractivity contribution in [2.45, 2.75) is 19.8 Å². The van der Waals surface area contributed by atoms with Crippen LogP contribution >= 0.6 is 0 Å². The van der Waals surface area contributed by atoms with Crippen LogP contribution in [0, 0.1) is 5.92 Å². The molecule has 1 fully saturated rings. The molecule has 0 unspecified atom stereocenters. The lowest BCUT2D eigenvalue weighted by Gasteiger charge is -2.32. The number of nitrogens with one attached hydrogen (secondary N) is 1. The number of benzene rings is 2. The smallest absolute Gasteiger partial charge is 0.262 e. The number of hydrogen-bond acceptors (Lipinski definition) is 5. The van der Waals surface area contributed by atoms with E-state index in [0.717, 1.165) is 31.6 Å². The molecule has 1 saturated heterocycles. The number of amides is 2. The summed E-state index contributed by atoms with van der Waals surface area (Å²) in [4.78, 5) is 36.8. The highest BCUT2D eigenvalue weighted by Crippen LogP contribution is 2.24. The molecular formula is C22H25N3O4. The third-order valence-electron chi connectivity index (χ3n) is 5.04. The van der Waals surface area contributed by atoms with Crippen molar-refractivity contribution in [3.8, 4) is 5.75 Å². The number of carbonyl (C=O) groups excluding carboxylic acids is 3. The monoisotopic (exact) mass is 395 g/mol. The molecular weight excluding hydrogens is 370 g/mol. The number of ketones is 1. The second kappa shape index (κ2) is 9.23. The summed E-state index contributed by atoms with van der Waals surface area (Å²) in [7, 11) is 0. The summed E-state index contributed by atoms with van der Waals surface area (Å²) < 4.78 is 5.45. The third kappa shape index (κ3) is 5.57. The van der Waals surface area contributed by atoms with Gasteiger partial charge in [0.15, 0.2) is 12.4 Å². The molecule has 0 bridgehead atoms. The average molecular weight is 395 g/mol. The molecule has 0 spiro atoms. The SMILES string of the molecule is CC(=O)c1ccc(OCC(=O)Nc2ccc(N3CCC(C(N)=O)CC3)cc2)cc1. The number of primary amides is 1. The summed E-state index contributed by atoms with van der Waals surface area (Å²) in [5.74, 6) is -0.0197. The van der Waals surface area contributed by atoms with Crippen LogP contribution in [0.25, 0.3) is 0 Å². The fourth-order valence-electron chi connectivity index (χ4n) is 3.31. The molecule has 7 heteroatoms. The van der Waals surface area contributed by atoms with E-state index in [1.165, 1.54) is 6.92 Å². The molecule has 1 aliphatic heterocycles. The van der Waals surface area contributed by atoms with Gasteiger partial charge in [0.2, 0.25) is 5.91 Å². The summed E-state index contributed by atoms with van der Waals surface area (Å²) in [5, 5.41) is 2.80. The second-order valence-electron chi connectivity index (χ2n) is 7.13. The molecule has 1 aliphatic rings. The topological polar surface area (TPSA) is 102 Å². The van der Waals surface area contributed by atoms with Crippen molar-refractivity contribution in [2.24, 2.45) is 11.7 Å². The third-order valence-corrected chi connectivity index (χ3v) is 5.04. The van der Waals surface area contributed by atoms with Gasteiger partial charge in [-0.15, -0.1) is 0 Å². The maximum atomic E-state index is 12.1. The maximum Gasteiger partial charge on any atom is 0.262 e. The molecule has 152 valence electrons. The molecule has 0 saturated carbocycles. The Balaban J connectivity index is 1.47. The van der Waals surface area contributed by atoms with Crippen molar-refractivity contribution in [1.82, 2.24) is 0 Å². The van der Waals surface area contributed by atoms with E-state index in [9.17, 15) is 14.4 Å². The van der Waals surface area contributed by atoms with Crippen LogP contribution in [0.2, 0.25) is 0 Å². The van der Waals surface area contributed by atoms with Crippen molar-refractivity contribution < 1.29 is 19.1 Å². The van der Waals surface area contributed by atoms with Crippen LogP contribution < -0.4 is 20.7 Å². The molecule has 2 aromatic carbocycles. The predicted octanol–water partition coefficient (Wildman–Crippen LogP) is 2.61. The zero-order valence-corrected chi connectivity index (χ0v) is 16.4. The predicted molar refractivity (Wildman–Crippen MR) is 111 cm³/mol. The molecule has 3 rings (SSSR count). The van der Waals surface area contributed by atoms with Crippen molar-refractivity contribution in [3.05, 3.63) is 54.1 Å². The van der Waals surface area contributed by atoms with E-state index in [4.69, 9.17) is 10.5 Å². The Kier molecular flexibility index (Phi) is 6.49. The van der Waals surface area contributed by atoms with Crippen LogP contribution in [-0.4, -0.2) is 37.3 Å². The lowest BCUT2D eigenvalue weighted by atomic mass is 9.96. The molecule has 0 radical (unpaired) electrons. The minimum atomic E-state index is -0.268. The Morgan fingerprint density at radius 2 is 1.66 bits per heavy atom. The highest BCUT2D eigenvalue weighted by Gasteiger charge is 2.23. The van der Waals surface area contributed by atoms with Crippen molar-refractivity contribution >= 4 is 29.0 Å². The van der Waals surface area contributed by atoms with E-state index < -0.39 is 0 Å². The standard InChI is InChI=1S/C22H25N3O4/c1-15(26)16-2-8-20(9-3-16)29-14-21(27)24-18-4-6-19(7-5-18)25-12-10-17(11-13-25)22(23)28/h2-9,17H,10-14H2,1H3,(H2,23,28)(H,24,27). The summed E-state index contributed by atoms with van der Waals surface area (Å²) in [5.41, 5.74) is 7.70. The van der Waals surface area contributed by atoms with Crippen molar-refractivity contribution in [2.75, 3.05) is 29.9 Å². The Morgan fingerprint density at radius 1 is 1.03 bits per heavy atom. The summed E-state index contributed by atoms with van der Waals surface area (Å²) >= 11 is 0. The van der Waals surface area contributed by atoms with E-state index in [0.29, 0.717) is 17.0 Å². The summed E-state index contributed by atoms with van der Waals surface area (Å²) in [6.45, 7) is 2.95. The number of piperidine rings is 1. The molecule has 0 atom stereocenters. The Morgan fingerprint density at radius 3 is 2.21 bits per heavy atom. The second-order valence-corrected chi connectivity index (χ2v) is 7.13. The lowest BCUT2D eigenvalue weighted by Crippen LogP contribution is -2.38. The van der Waals surface area contributed by atoms with Gasteiger partial charge in [-0.05, 0) is 68.3 Å². The van der Waals surface area contributed by atoms with Gasteiger partial charge in [0, 0.05) is 35.9 Å². The Hall–Kier alpha value is -3.35. The van der Waals surface area contributed by atoms with Gasteiger partial charge in [-0.3, -0.25) is 14.4 Å². The van der Waals surface area contributed by atoms with Crippen LogP contribution in [0.5, 0.6) is 5.75 Å². The van der Waals surface area contributed by atoms with Crippen LogP contribution in [0.1, 0.15) is 30.1 Å². The minimum absolute atomic E-state index is 0.0185. The van der Waals surface area contributed by atoms with Gasteiger partial charge in [0.1, 0.15) is 5.75 Å². The van der Waals surface area contributed by atoms with Crippen LogP contribution in [0.3, 0.4) is 0 Å². The number of carbonyl (C=O) groups is 3. The van der Waals surface area contributed by atoms with Crippen LogP contribution in [0.4, 0.5) is 11.4 Å². The molecule has 7 nitrogen and oxygen atoms in total. The first-order valence-corrected chi connectivity index (χ1v) is 9.60. The number of rotatable bonds is 7. The van der Waals surface area contributed by atoms with Gasteiger partial charge in [0.25, 0.3) is 5.91 Å². The Bertz CT molecular complexity index is 870. The Labute approximate surface area is 169 Å². The molecule has 1 heterocycles. The molecule has 3 N–H and O–H groups in total. The minimum Gasteiger partial charge on any atom is -0.484 e. The number of hydrogen-bond donors (Lipinski definition) is 2. The number of ether oxygens (including phenoxy) is 1. The first kappa shape index (κ1) is 20.4. The maximum absolute atomic E-state index is 12.1. The van der Waals surface area contributed by atoms with Gasteiger partial charge in [-0.2, -0.15) is 0 Å². The molecule has 0 aromatic heterocycles. The largest absolute Gasteiger partial charge is 0.484 e. The number of anilines is 2. The normalized spacial score (nSPS) is 14.3. The first-order valence-electron chi connectivity index (χ1n) is 9.60. The van der Waals surface area contributed by atoms with E-state index in [-0.39, 0.29) is 30.1 Å². The van der Waals surface area contributed by atoms with Gasteiger partial charge < -0.3 is 20.7 Å². The van der Waals surface area contributed by atoms with E-state index in [1.807, 2.05) is 24.3 Å². The molecule has 29 heavy (non-hydrogen) atoms. The van der Waals surface area contributed by atoms with Crippen molar-refractivity contribution in [1.29, 1.82) is 0 Å². The van der Waals surface area contributed by atoms with Gasteiger partial charge in [0.05, 0.1) is 0 Å². The zero-order chi connectivity index (χ0) is 20.8. The number of nitrogens with two attached hydrogens (primary N) is 1. The van der Waals surface area contributed by atoms with E-state index in [2.05, 4.69) is 10.2 Å². The summed E-state index contributed by atoms with van der Waals surface area (Å²) in [6.07, 6.45) is 1.52. The van der Waals surface area contributed by atoms with Crippen LogP contribution in [-0.2, 0) is 9.59 Å². The van der Waals surface area contributed by atoms with Gasteiger partial charge >= 0.3 is 0 Å². The van der Waals surface area contributed by atoms with Crippen molar-refractivity contribution in [3.63, 3.8) is 0 Å². The quantitative estimate of drug-likeness (QED) is 0.702. The first-order chi connectivity index (χ1) is 13.9. The fourth-order valence-corrected chi connectivity index (χ4v) is 3.31. The lowest BCUT2D eigenvalue weighted by molar-refractivity contribution is -0.122. The molecule has 2 aromatic rings. The molecule has 0 aliphatic carbocycles. The van der Waals surface area contributed by atoms with E-state index >= 15 is 0 Å². The number of Topliss-reactive ketones (excluding diaryl/α,β-unsaturated/α-hetero) is 1. The van der Waals surface area contributed by atoms with Crippen LogP contribution in [0.15, 0.2) is 48.5 Å². The highest BCUT2D eigenvalue weighted by molar-refractivity contribution is 5.94. The van der Waals surface area contributed by atoms with E-state index in [1.54, 1.807) is 24.3 Å². The van der Waals surface area contributed by atoms with Gasteiger partial charge in [-0.25, -0.2) is 0 Å². The summed E-state index contributed by atoms with van der Waals surface area (Å²) in [6, 6.07) is 14.2.